The summed E-state index contributed by atoms with van der Waals surface area (Å²) in [5.74, 6) is -2.10. The van der Waals surface area contributed by atoms with Crippen molar-refractivity contribution >= 4 is 17.3 Å². The highest BCUT2D eigenvalue weighted by atomic mass is 19.1. The van der Waals surface area contributed by atoms with Gasteiger partial charge in [-0.25, -0.2) is 9.18 Å². The van der Waals surface area contributed by atoms with E-state index in [9.17, 15) is 19.3 Å². The lowest BCUT2D eigenvalue weighted by molar-refractivity contribution is -0.384. The minimum atomic E-state index is -1.49. The third kappa shape index (κ3) is 2.99. The summed E-state index contributed by atoms with van der Waals surface area (Å²) in [6.45, 7) is 0.179. The number of carboxylic acid groups (broad SMARTS) is 1. The van der Waals surface area contributed by atoms with Gasteiger partial charge in [-0.2, -0.15) is 0 Å². The number of nitro benzene ring substituents is 1. The third-order valence-corrected chi connectivity index (χ3v) is 2.88. The fraction of sp³-hybridized carbons (Fsp3) is 0.154. The Balaban J connectivity index is 2.46. The molecule has 0 aliphatic carbocycles. The maximum absolute atomic E-state index is 13.6. The average molecular weight is 294 g/mol. The second-order valence-corrected chi connectivity index (χ2v) is 4.32. The maximum Gasteiger partial charge on any atom is 0.338 e. The summed E-state index contributed by atoms with van der Waals surface area (Å²) in [4.78, 5) is 22.6. The first-order valence-electron chi connectivity index (χ1n) is 5.85. The molecule has 0 unspecified atom stereocenters. The van der Waals surface area contributed by atoms with Gasteiger partial charge in [-0.15, -0.1) is 0 Å². The molecule has 110 valence electrons. The zero-order valence-corrected chi connectivity index (χ0v) is 10.9. The topological polar surface area (TPSA) is 96.8 Å². The van der Waals surface area contributed by atoms with Gasteiger partial charge in [0.25, 0.3) is 5.69 Å². The first-order valence-corrected chi connectivity index (χ1v) is 5.85. The predicted molar refractivity (Wildman–Crippen MR) is 70.8 cm³/mol. The Hall–Kier alpha value is -2.90. The summed E-state index contributed by atoms with van der Waals surface area (Å²) < 4.78 is 18.7. The molecule has 0 aliphatic rings. The number of carboxylic acids is 1. The molecule has 8 heteroatoms. The minimum Gasteiger partial charge on any atom is -0.478 e. The molecule has 2 aromatic rings. The third-order valence-electron chi connectivity index (χ3n) is 2.88. The van der Waals surface area contributed by atoms with Crippen molar-refractivity contribution in [2.24, 2.45) is 0 Å². The van der Waals surface area contributed by atoms with Gasteiger partial charge in [0.2, 0.25) is 0 Å². The molecule has 0 bridgehead atoms. The van der Waals surface area contributed by atoms with Gasteiger partial charge in [-0.05, 0) is 18.2 Å². The number of anilines is 1. The van der Waals surface area contributed by atoms with E-state index in [1.54, 1.807) is 12.1 Å². The van der Waals surface area contributed by atoms with Gasteiger partial charge in [0.05, 0.1) is 29.4 Å². The number of carbonyl (C=O) groups is 1. The molecular formula is C13H11FN2O5. The van der Waals surface area contributed by atoms with Crippen LogP contribution in [0.25, 0.3) is 0 Å². The van der Waals surface area contributed by atoms with Crippen LogP contribution in [0.1, 0.15) is 16.1 Å². The van der Waals surface area contributed by atoms with Crippen LogP contribution in [0.15, 0.2) is 34.9 Å². The Morgan fingerprint density at radius 3 is 2.76 bits per heavy atom. The first kappa shape index (κ1) is 14.5. The van der Waals surface area contributed by atoms with Crippen molar-refractivity contribution in [3.63, 3.8) is 0 Å². The molecule has 0 fully saturated rings. The number of nitrogens with zero attached hydrogens (tertiary/aromatic N) is 2. The average Bonchev–Trinajstić information content (AvgIpc) is 2.90. The summed E-state index contributed by atoms with van der Waals surface area (Å²) in [5.41, 5.74) is -1.14. The standard InChI is InChI=1S/C13H11FN2O5/c1-15(7-8-3-2-4-21-8)11-5-9(13(17)18)10(14)6-12(11)16(19)20/h2-6H,7H2,1H3,(H,17,18). The van der Waals surface area contributed by atoms with Crippen LogP contribution in [0, 0.1) is 15.9 Å². The molecule has 1 aromatic heterocycles. The van der Waals surface area contributed by atoms with Gasteiger partial charge in [-0.1, -0.05) is 0 Å². The van der Waals surface area contributed by atoms with Crippen molar-refractivity contribution in [3.05, 3.63) is 57.8 Å². The van der Waals surface area contributed by atoms with Gasteiger partial charge >= 0.3 is 5.97 Å². The minimum absolute atomic E-state index is 0.00444. The number of rotatable bonds is 5. The molecule has 0 aliphatic heterocycles. The Morgan fingerprint density at radius 2 is 2.24 bits per heavy atom. The van der Waals surface area contributed by atoms with E-state index in [0.717, 1.165) is 6.07 Å². The summed E-state index contributed by atoms with van der Waals surface area (Å²) in [6, 6.07) is 4.88. The highest BCUT2D eigenvalue weighted by Crippen LogP contribution is 2.31. The number of nitro groups is 1. The van der Waals surface area contributed by atoms with Crippen LogP contribution in [-0.4, -0.2) is 23.0 Å². The maximum atomic E-state index is 13.6. The molecule has 1 aromatic carbocycles. The van der Waals surface area contributed by atoms with Crippen molar-refractivity contribution in [1.29, 1.82) is 0 Å². The van der Waals surface area contributed by atoms with E-state index < -0.39 is 28.0 Å². The molecule has 1 heterocycles. The highest BCUT2D eigenvalue weighted by molar-refractivity contribution is 5.90. The molecule has 0 saturated heterocycles. The Kier molecular flexibility index (Phi) is 3.88. The quantitative estimate of drug-likeness (QED) is 0.672. The van der Waals surface area contributed by atoms with Crippen LogP contribution in [-0.2, 0) is 6.54 Å². The molecular weight excluding hydrogens is 283 g/mol. The van der Waals surface area contributed by atoms with Crippen molar-refractivity contribution in [1.82, 2.24) is 0 Å². The summed E-state index contributed by atoms with van der Waals surface area (Å²) >= 11 is 0. The molecule has 21 heavy (non-hydrogen) atoms. The molecule has 0 atom stereocenters. The van der Waals surface area contributed by atoms with Crippen molar-refractivity contribution < 1.29 is 23.6 Å². The van der Waals surface area contributed by atoms with Crippen molar-refractivity contribution in [2.75, 3.05) is 11.9 Å². The van der Waals surface area contributed by atoms with Crippen LogP contribution in [0.4, 0.5) is 15.8 Å². The SMILES string of the molecule is CN(Cc1ccco1)c1cc(C(=O)O)c(F)cc1[N+](=O)[O-]. The Labute approximate surface area is 118 Å². The second-order valence-electron chi connectivity index (χ2n) is 4.32. The van der Waals surface area contributed by atoms with Crippen LogP contribution in [0.5, 0.6) is 0 Å². The Bertz CT molecular complexity index is 684. The molecule has 0 amide bonds. The number of aromatic carboxylic acids is 1. The fourth-order valence-electron chi connectivity index (χ4n) is 1.89. The molecule has 0 radical (unpaired) electrons. The number of hydrogen-bond donors (Lipinski definition) is 1. The summed E-state index contributed by atoms with van der Waals surface area (Å²) in [5, 5.41) is 19.9. The lowest BCUT2D eigenvalue weighted by Gasteiger charge is -2.18. The van der Waals surface area contributed by atoms with E-state index in [1.807, 2.05) is 0 Å². The zero-order chi connectivity index (χ0) is 15.6. The van der Waals surface area contributed by atoms with Crippen LogP contribution < -0.4 is 4.90 Å². The number of hydrogen-bond acceptors (Lipinski definition) is 5. The molecule has 0 spiro atoms. The number of benzene rings is 1. The normalized spacial score (nSPS) is 10.4. The molecule has 2 rings (SSSR count). The van der Waals surface area contributed by atoms with Gasteiger partial charge in [0.1, 0.15) is 17.3 Å². The lowest BCUT2D eigenvalue weighted by atomic mass is 10.1. The number of furan rings is 1. The number of halogens is 1. The van der Waals surface area contributed by atoms with Gasteiger partial charge < -0.3 is 14.4 Å². The summed E-state index contributed by atoms with van der Waals surface area (Å²) in [6.07, 6.45) is 1.45. The smallest absolute Gasteiger partial charge is 0.338 e. The lowest BCUT2D eigenvalue weighted by Crippen LogP contribution is -2.18. The monoisotopic (exact) mass is 294 g/mol. The van der Waals surface area contributed by atoms with E-state index in [2.05, 4.69) is 0 Å². The molecule has 7 nitrogen and oxygen atoms in total. The largest absolute Gasteiger partial charge is 0.478 e. The van der Waals surface area contributed by atoms with Crippen LogP contribution in [0.2, 0.25) is 0 Å². The van der Waals surface area contributed by atoms with Gasteiger partial charge in [0.15, 0.2) is 0 Å². The highest BCUT2D eigenvalue weighted by Gasteiger charge is 2.24. The van der Waals surface area contributed by atoms with Crippen LogP contribution in [0.3, 0.4) is 0 Å². The van der Waals surface area contributed by atoms with Crippen molar-refractivity contribution in [3.8, 4) is 0 Å². The van der Waals surface area contributed by atoms with Crippen LogP contribution >= 0.6 is 0 Å². The van der Waals surface area contributed by atoms with Gasteiger partial charge in [0, 0.05) is 7.05 Å². The second kappa shape index (κ2) is 5.61. The van der Waals surface area contributed by atoms with E-state index in [4.69, 9.17) is 9.52 Å². The summed E-state index contributed by atoms with van der Waals surface area (Å²) in [7, 11) is 1.52. The van der Waals surface area contributed by atoms with E-state index in [0.29, 0.717) is 11.8 Å². The fourth-order valence-corrected chi connectivity index (χ4v) is 1.89. The molecule has 1 N–H and O–H groups in total. The Morgan fingerprint density at radius 1 is 1.52 bits per heavy atom. The van der Waals surface area contributed by atoms with Crippen molar-refractivity contribution in [2.45, 2.75) is 6.54 Å². The van der Waals surface area contributed by atoms with E-state index >= 15 is 0 Å². The molecule has 0 saturated carbocycles. The van der Waals surface area contributed by atoms with Gasteiger partial charge in [-0.3, -0.25) is 10.1 Å². The van der Waals surface area contributed by atoms with E-state index in [1.165, 1.54) is 18.2 Å². The predicted octanol–water partition coefficient (Wildman–Crippen LogP) is 2.66. The zero-order valence-electron chi connectivity index (χ0n) is 10.9. The first-order chi connectivity index (χ1) is 9.90. The van der Waals surface area contributed by atoms with E-state index in [-0.39, 0.29) is 12.2 Å².